The first-order valence-corrected chi connectivity index (χ1v) is 14.2. The van der Waals surface area contributed by atoms with Crippen LogP contribution in [0.3, 0.4) is 0 Å². The quantitative estimate of drug-likeness (QED) is 0.584. The van der Waals surface area contributed by atoms with E-state index in [0.717, 1.165) is 19.3 Å². The molecule has 110 valence electrons. The topological polar surface area (TPSA) is 18.5 Å². The van der Waals surface area contributed by atoms with Crippen LogP contribution in [0.2, 0.25) is 39.3 Å². The summed E-state index contributed by atoms with van der Waals surface area (Å²) < 4.78 is 13.0. The Morgan fingerprint density at radius 2 is 1.28 bits per heavy atom. The SMILES string of the molecule is CC[C@H](O[Si](C)(C)C)C(CC)(CC)O[Si](C)(C)C. The normalized spacial score (nSPS) is 15.8. The second kappa shape index (κ2) is 6.68. The maximum Gasteiger partial charge on any atom is 0.184 e. The molecular formula is C14H34O2Si2. The smallest absolute Gasteiger partial charge is 0.184 e. The average molecular weight is 291 g/mol. The van der Waals surface area contributed by atoms with Crippen LogP contribution in [0.5, 0.6) is 0 Å². The van der Waals surface area contributed by atoms with Gasteiger partial charge in [-0.15, -0.1) is 0 Å². The summed E-state index contributed by atoms with van der Waals surface area (Å²) in [6.07, 6.45) is 3.36. The zero-order chi connectivity index (χ0) is 14.6. The van der Waals surface area contributed by atoms with Gasteiger partial charge in [0.1, 0.15) is 0 Å². The Kier molecular flexibility index (Phi) is 6.81. The summed E-state index contributed by atoms with van der Waals surface area (Å²) in [6, 6.07) is 0. The Balaban J connectivity index is 5.15. The third kappa shape index (κ3) is 6.00. The lowest BCUT2D eigenvalue weighted by Gasteiger charge is -2.45. The molecular weight excluding hydrogens is 256 g/mol. The summed E-state index contributed by atoms with van der Waals surface area (Å²) in [6.45, 7) is 20.3. The minimum Gasteiger partial charge on any atom is -0.412 e. The van der Waals surface area contributed by atoms with Crippen molar-refractivity contribution >= 4 is 16.6 Å². The first-order chi connectivity index (χ1) is 7.99. The summed E-state index contributed by atoms with van der Waals surface area (Å²) >= 11 is 0. The van der Waals surface area contributed by atoms with E-state index in [-0.39, 0.29) is 11.7 Å². The van der Waals surface area contributed by atoms with Crippen molar-refractivity contribution < 1.29 is 8.85 Å². The molecule has 18 heavy (non-hydrogen) atoms. The fourth-order valence-corrected chi connectivity index (χ4v) is 5.39. The van der Waals surface area contributed by atoms with Crippen molar-refractivity contribution in [3.8, 4) is 0 Å². The molecule has 0 aromatic heterocycles. The van der Waals surface area contributed by atoms with Crippen molar-refractivity contribution in [2.45, 2.75) is 91.0 Å². The van der Waals surface area contributed by atoms with E-state index in [9.17, 15) is 0 Å². The zero-order valence-electron chi connectivity index (χ0n) is 14.0. The number of hydrogen-bond donors (Lipinski definition) is 0. The van der Waals surface area contributed by atoms with Gasteiger partial charge in [-0.1, -0.05) is 20.8 Å². The monoisotopic (exact) mass is 290 g/mol. The van der Waals surface area contributed by atoms with Gasteiger partial charge in [-0.2, -0.15) is 0 Å². The molecule has 0 saturated heterocycles. The van der Waals surface area contributed by atoms with E-state index in [2.05, 4.69) is 60.1 Å². The first-order valence-electron chi connectivity index (χ1n) is 7.37. The number of hydrogen-bond acceptors (Lipinski definition) is 2. The van der Waals surface area contributed by atoms with E-state index >= 15 is 0 Å². The van der Waals surface area contributed by atoms with Crippen LogP contribution in [0.4, 0.5) is 0 Å². The fourth-order valence-electron chi connectivity index (χ4n) is 2.51. The van der Waals surface area contributed by atoms with Gasteiger partial charge in [0.15, 0.2) is 16.6 Å². The highest BCUT2D eigenvalue weighted by Crippen LogP contribution is 2.34. The van der Waals surface area contributed by atoms with Gasteiger partial charge in [-0.3, -0.25) is 0 Å². The van der Waals surface area contributed by atoms with Gasteiger partial charge in [0.2, 0.25) is 0 Å². The summed E-state index contributed by atoms with van der Waals surface area (Å²) in [5, 5.41) is 0. The van der Waals surface area contributed by atoms with E-state index in [4.69, 9.17) is 8.85 Å². The third-order valence-corrected chi connectivity index (χ3v) is 5.17. The van der Waals surface area contributed by atoms with Gasteiger partial charge in [0.25, 0.3) is 0 Å². The van der Waals surface area contributed by atoms with Crippen molar-refractivity contribution in [1.29, 1.82) is 0 Å². The van der Waals surface area contributed by atoms with Crippen LogP contribution in [0.15, 0.2) is 0 Å². The van der Waals surface area contributed by atoms with Gasteiger partial charge in [0.05, 0.1) is 11.7 Å². The Labute approximate surface area is 117 Å². The van der Waals surface area contributed by atoms with Gasteiger partial charge in [0, 0.05) is 0 Å². The molecule has 2 nitrogen and oxygen atoms in total. The van der Waals surface area contributed by atoms with Crippen molar-refractivity contribution in [3.63, 3.8) is 0 Å². The standard InChI is InChI=1S/C14H34O2Si2/c1-10-13(15-17(4,5)6)14(11-2,12-3)16-18(7,8)9/h13H,10-12H2,1-9H3/t13-/m0/s1. The van der Waals surface area contributed by atoms with Crippen molar-refractivity contribution in [3.05, 3.63) is 0 Å². The molecule has 0 aliphatic rings. The van der Waals surface area contributed by atoms with Crippen LogP contribution in [0.1, 0.15) is 40.0 Å². The third-order valence-electron chi connectivity index (χ3n) is 3.16. The molecule has 0 saturated carbocycles. The molecule has 0 aromatic rings. The predicted molar refractivity (Wildman–Crippen MR) is 86.3 cm³/mol. The minimum absolute atomic E-state index is 0.0838. The summed E-state index contributed by atoms with van der Waals surface area (Å²) in [5.74, 6) is 0. The molecule has 0 fully saturated rings. The Bertz CT molecular complexity index is 237. The van der Waals surface area contributed by atoms with E-state index in [0.29, 0.717) is 0 Å². The molecule has 0 bridgehead atoms. The van der Waals surface area contributed by atoms with Crippen LogP contribution in [-0.4, -0.2) is 28.3 Å². The molecule has 0 N–H and O–H groups in total. The largest absolute Gasteiger partial charge is 0.412 e. The predicted octanol–water partition coefficient (Wildman–Crippen LogP) is 5.03. The molecule has 0 aromatic carbocycles. The lowest BCUT2D eigenvalue weighted by Crippen LogP contribution is -2.53. The summed E-state index contributed by atoms with van der Waals surface area (Å²) in [7, 11) is -3.08. The molecule has 0 heterocycles. The van der Waals surface area contributed by atoms with E-state index < -0.39 is 16.6 Å². The number of rotatable bonds is 8. The molecule has 0 aliphatic carbocycles. The molecule has 0 radical (unpaired) electrons. The van der Waals surface area contributed by atoms with E-state index in [1.54, 1.807) is 0 Å². The summed E-state index contributed by atoms with van der Waals surface area (Å²) in [4.78, 5) is 0. The maximum atomic E-state index is 6.56. The first kappa shape index (κ1) is 18.4. The van der Waals surface area contributed by atoms with E-state index in [1.165, 1.54) is 0 Å². The lowest BCUT2D eigenvalue weighted by molar-refractivity contribution is -0.0577. The molecule has 0 rings (SSSR count). The van der Waals surface area contributed by atoms with Gasteiger partial charge >= 0.3 is 0 Å². The van der Waals surface area contributed by atoms with Gasteiger partial charge in [-0.25, -0.2) is 0 Å². The molecule has 0 unspecified atom stereocenters. The van der Waals surface area contributed by atoms with Crippen LogP contribution in [0.25, 0.3) is 0 Å². The lowest BCUT2D eigenvalue weighted by atomic mass is 9.89. The second-order valence-electron chi connectivity index (χ2n) is 7.11. The molecule has 1 atom stereocenters. The van der Waals surface area contributed by atoms with Crippen LogP contribution in [0, 0.1) is 0 Å². The molecule has 0 amide bonds. The Morgan fingerprint density at radius 3 is 1.50 bits per heavy atom. The maximum absolute atomic E-state index is 6.56. The van der Waals surface area contributed by atoms with Gasteiger partial charge in [-0.05, 0) is 58.5 Å². The summed E-state index contributed by atoms with van der Waals surface area (Å²) in [5.41, 5.74) is -0.0838. The fraction of sp³-hybridized carbons (Fsp3) is 1.00. The van der Waals surface area contributed by atoms with Crippen LogP contribution in [-0.2, 0) is 8.85 Å². The van der Waals surface area contributed by atoms with Crippen molar-refractivity contribution in [1.82, 2.24) is 0 Å². The van der Waals surface area contributed by atoms with Crippen molar-refractivity contribution in [2.24, 2.45) is 0 Å². The van der Waals surface area contributed by atoms with Crippen molar-refractivity contribution in [2.75, 3.05) is 0 Å². The minimum atomic E-state index is -1.55. The van der Waals surface area contributed by atoms with Crippen LogP contribution < -0.4 is 0 Å². The molecule has 0 spiro atoms. The zero-order valence-corrected chi connectivity index (χ0v) is 16.0. The van der Waals surface area contributed by atoms with Gasteiger partial charge < -0.3 is 8.85 Å². The average Bonchev–Trinajstić information content (AvgIpc) is 2.20. The highest BCUT2D eigenvalue weighted by Gasteiger charge is 2.41. The second-order valence-corrected chi connectivity index (χ2v) is 16.0. The molecule has 4 heteroatoms. The Morgan fingerprint density at radius 1 is 0.833 bits per heavy atom. The highest BCUT2D eigenvalue weighted by molar-refractivity contribution is 6.70. The van der Waals surface area contributed by atoms with Crippen LogP contribution >= 0.6 is 0 Å². The highest BCUT2D eigenvalue weighted by atomic mass is 28.4. The molecule has 0 aliphatic heterocycles. The Hall–Kier alpha value is 0.354. The van der Waals surface area contributed by atoms with E-state index in [1.807, 2.05) is 0 Å².